The molecule has 0 aliphatic carbocycles. The van der Waals surface area contributed by atoms with E-state index in [4.69, 9.17) is 0 Å². The van der Waals surface area contributed by atoms with Crippen molar-refractivity contribution in [1.82, 2.24) is 25.3 Å². The second-order valence-electron chi connectivity index (χ2n) is 8.00. The van der Waals surface area contributed by atoms with Gasteiger partial charge in [-0.05, 0) is 38.5 Å². The molecule has 1 aliphatic rings. The molecular weight excluding hydrogens is 408 g/mol. The number of nitrogens with one attached hydrogen (secondary N) is 3. The number of hydrogen-bond acceptors (Lipinski definition) is 9. The molecule has 4 heterocycles. The number of carbonyl (C=O) groups is 1. The second-order valence-corrected chi connectivity index (χ2v) is 8.00. The third-order valence-electron chi connectivity index (χ3n) is 5.13. The lowest BCUT2D eigenvalue weighted by molar-refractivity contribution is -0.118. The van der Waals surface area contributed by atoms with E-state index in [0.717, 1.165) is 17.6 Å². The molecule has 3 aromatic rings. The molecule has 10 heteroatoms. The number of anilines is 4. The van der Waals surface area contributed by atoms with Crippen LogP contribution < -0.4 is 20.9 Å². The number of nitrogens with zero attached hydrogens (tertiary/aromatic N) is 5. The number of aliphatic hydroxyl groups is 1. The van der Waals surface area contributed by atoms with Crippen LogP contribution in [-0.2, 0) is 4.79 Å². The summed E-state index contributed by atoms with van der Waals surface area (Å²) < 4.78 is 0. The molecule has 0 aromatic carbocycles. The Morgan fingerprint density at radius 3 is 2.75 bits per heavy atom. The summed E-state index contributed by atoms with van der Waals surface area (Å²) >= 11 is 0. The molecule has 32 heavy (non-hydrogen) atoms. The number of rotatable bonds is 7. The number of fused-ring (bicyclic) bond motifs is 1. The van der Waals surface area contributed by atoms with Crippen LogP contribution in [0.5, 0.6) is 0 Å². The number of aromatic nitrogens is 4. The SMILES string of the molecule is CC[C@@H](O)c1cc2cnc(Nc3ccc(N4CCNCC4=O)cn3)nc2c(NC(C)C)n1. The maximum absolute atomic E-state index is 12.1. The Labute approximate surface area is 186 Å². The van der Waals surface area contributed by atoms with E-state index in [0.29, 0.717) is 48.3 Å². The van der Waals surface area contributed by atoms with Gasteiger partial charge < -0.3 is 26.0 Å². The molecule has 3 aromatic heterocycles. The highest BCUT2D eigenvalue weighted by molar-refractivity contribution is 5.95. The van der Waals surface area contributed by atoms with Gasteiger partial charge in [-0.15, -0.1) is 0 Å². The summed E-state index contributed by atoms with van der Waals surface area (Å²) in [4.78, 5) is 31.8. The number of carbonyl (C=O) groups excluding carboxylic acids is 1. The van der Waals surface area contributed by atoms with E-state index >= 15 is 0 Å². The van der Waals surface area contributed by atoms with E-state index in [1.54, 1.807) is 23.4 Å². The van der Waals surface area contributed by atoms with Crippen molar-refractivity contribution in [2.45, 2.75) is 39.3 Å². The van der Waals surface area contributed by atoms with Gasteiger partial charge in [-0.1, -0.05) is 6.92 Å². The van der Waals surface area contributed by atoms with Crippen molar-refractivity contribution in [1.29, 1.82) is 0 Å². The van der Waals surface area contributed by atoms with Crippen LogP contribution in [0.1, 0.15) is 39.0 Å². The number of aliphatic hydroxyl groups excluding tert-OH is 1. The molecule has 168 valence electrons. The van der Waals surface area contributed by atoms with Gasteiger partial charge in [0.1, 0.15) is 11.3 Å². The Kier molecular flexibility index (Phi) is 6.42. The smallest absolute Gasteiger partial charge is 0.241 e. The number of hydrogen-bond donors (Lipinski definition) is 4. The first-order valence-corrected chi connectivity index (χ1v) is 10.8. The molecule has 1 fully saturated rings. The molecule has 4 rings (SSSR count). The standard InChI is InChI=1S/C22H28N8O2/c1-4-17(31)16-9-14-10-25-22(29-20(14)21(27-16)26-13(2)3)28-18-6-5-15(11-24-18)30-8-7-23-12-19(30)32/h5-6,9-11,13,17,23,31H,4,7-8,12H2,1-3H3,(H,26,27)(H,24,25,28,29)/t17-/m1/s1. The quantitative estimate of drug-likeness (QED) is 0.441. The minimum atomic E-state index is -0.643. The first kappa shape index (κ1) is 21.8. The van der Waals surface area contributed by atoms with Gasteiger partial charge in [-0.25, -0.2) is 19.9 Å². The first-order chi connectivity index (χ1) is 15.4. The fraction of sp³-hybridized carbons (Fsp3) is 0.409. The lowest BCUT2D eigenvalue weighted by Crippen LogP contribution is -2.48. The van der Waals surface area contributed by atoms with Crippen LogP contribution >= 0.6 is 0 Å². The summed E-state index contributed by atoms with van der Waals surface area (Å²) in [5, 5.41) is 20.5. The van der Waals surface area contributed by atoms with Crippen molar-refractivity contribution in [3.63, 3.8) is 0 Å². The van der Waals surface area contributed by atoms with Gasteiger partial charge >= 0.3 is 0 Å². The van der Waals surface area contributed by atoms with Crippen LogP contribution in [0.15, 0.2) is 30.6 Å². The molecular formula is C22H28N8O2. The molecule has 0 bridgehead atoms. The Bertz CT molecular complexity index is 1100. The topological polar surface area (TPSA) is 128 Å². The average Bonchev–Trinajstić information content (AvgIpc) is 2.79. The fourth-order valence-electron chi connectivity index (χ4n) is 3.49. The van der Waals surface area contributed by atoms with Crippen LogP contribution in [0.2, 0.25) is 0 Å². The van der Waals surface area contributed by atoms with Gasteiger partial charge in [0.2, 0.25) is 11.9 Å². The normalized spacial score (nSPS) is 15.3. The monoisotopic (exact) mass is 436 g/mol. The maximum Gasteiger partial charge on any atom is 0.241 e. The van der Waals surface area contributed by atoms with Crippen molar-refractivity contribution in [2.24, 2.45) is 0 Å². The average molecular weight is 437 g/mol. The fourth-order valence-corrected chi connectivity index (χ4v) is 3.49. The summed E-state index contributed by atoms with van der Waals surface area (Å²) in [7, 11) is 0. The summed E-state index contributed by atoms with van der Waals surface area (Å²) in [5.41, 5.74) is 2.01. The van der Waals surface area contributed by atoms with Gasteiger partial charge in [0.25, 0.3) is 0 Å². The van der Waals surface area contributed by atoms with Crippen molar-refractivity contribution < 1.29 is 9.90 Å². The molecule has 10 nitrogen and oxygen atoms in total. The van der Waals surface area contributed by atoms with Crippen molar-refractivity contribution in [3.05, 3.63) is 36.3 Å². The predicted molar refractivity (Wildman–Crippen MR) is 124 cm³/mol. The maximum atomic E-state index is 12.1. The largest absolute Gasteiger partial charge is 0.387 e. The highest BCUT2D eigenvalue weighted by atomic mass is 16.3. The first-order valence-electron chi connectivity index (χ1n) is 10.8. The third kappa shape index (κ3) is 4.76. The number of pyridine rings is 2. The van der Waals surface area contributed by atoms with Crippen molar-refractivity contribution in [3.8, 4) is 0 Å². The van der Waals surface area contributed by atoms with Crippen LogP contribution in [0.25, 0.3) is 10.9 Å². The Morgan fingerprint density at radius 2 is 2.06 bits per heavy atom. The van der Waals surface area contributed by atoms with Gasteiger partial charge in [0.15, 0.2) is 5.82 Å². The lowest BCUT2D eigenvalue weighted by atomic mass is 10.1. The van der Waals surface area contributed by atoms with Crippen LogP contribution in [0.4, 0.5) is 23.3 Å². The molecule has 1 aliphatic heterocycles. The molecule has 1 saturated heterocycles. The predicted octanol–water partition coefficient (Wildman–Crippen LogP) is 2.36. The number of amides is 1. The second kappa shape index (κ2) is 9.41. The zero-order valence-electron chi connectivity index (χ0n) is 18.5. The van der Waals surface area contributed by atoms with Gasteiger partial charge in [0, 0.05) is 30.7 Å². The molecule has 4 N–H and O–H groups in total. The van der Waals surface area contributed by atoms with Crippen molar-refractivity contribution in [2.75, 3.05) is 35.2 Å². The summed E-state index contributed by atoms with van der Waals surface area (Å²) in [5.74, 6) is 1.58. The zero-order chi connectivity index (χ0) is 22.7. The van der Waals surface area contributed by atoms with Gasteiger partial charge in [0.05, 0.1) is 30.2 Å². The van der Waals surface area contributed by atoms with Crippen LogP contribution in [0.3, 0.4) is 0 Å². The molecule has 1 amide bonds. The Balaban J connectivity index is 1.60. The third-order valence-corrected chi connectivity index (χ3v) is 5.13. The van der Waals surface area contributed by atoms with Crippen LogP contribution in [0, 0.1) is 0 Å². The zero-order valence-corrected chi connectivity index (χ0v) is 18.5. The minimum absolute atomic E-state index is 0.0295. The molecule has 0 saturated carbocycles. The highest BCUT2D eigenvalue weighted by Gasteiger charge is 2.19. The van der Waals surface area contributed by atoms with E-state index in [-0.39, 0.29) is 11.9 Å². The van der Waals surface area contributed by atoms with Crippen molar-refractivity contribution >= 4 is 40.1 Å². The van der Waals surface area contributed by atoms with E-state index < -0.39 is 6.10 Å². The van der Waals surface area contributed by atoms with E-state index in [9.17, 15) is 9.90 Å². The number of piperazine rings is 1. The highest BCUT2D eigenvalue weighted by Crippen LogP contribution is 2.27. The minimum Gasteiger partial charge on any atom is -0.387 e. The van der Waals surface area contributed by atoms with Crippen LogP contribution in [-0.4, -0.2) is 56.6 Å². The summed E-state index contributed by atoms with van der Waals surface area (Å²) in [6, 6.07) is 5.61. The van der Waals surface area contributed by atoms with E-state index in [1.165, 1.54) is 0 Å². The lowest BCUT2D eigenvalue weighted by Gasteiger charge is -2.27. The Hall–Kier alpha value is -3.37. The molecule has 0 radical (unpaired) electrons. The van der Waals surface area contributed by atoms with Gasteiger partial charge in [-0.3, -0.25) is 4.79 Å². The molecule has 0 unspecified atom stereocenters. The molecule has 0 spiro atoms. The van der Waals surface area contributed by atoms with E-state index in [1.807, 2.05) is 32.9 Å². The molecule has 1 atom stereocenters. The summed E-state index contributed by atoms with van der Waals surface area (Å²) in [6.07, 6.45) is 3.30. The summed E-state index contributed by atoms with van der Waals surface area (Å²) in [6.45, 7) is 7.66. The Morgan fingerprint density at radius 1 is 1.22 bits per heavy atom. The van der Waals surface area contributed by atoms with Gasteiger partial charge in [-0.2, -0.15) is 0 Å². The van der Waals surface area contributed by atoms with E-state index in [2.05, 4.69) is 35.9 Å².